The molecule has 0 spiro atoms. The number of aromatic amines is 1. The Kier molecular flexibility index (Phi) is 4.46. The van der Waals surface area contributed by atoms with Crippen molar-refractivity contribution in [3.05, 3.63) is 36.2 Å². The molecule has 4 heterocycles. The maximum absolute atomic E-state index is 14.5. The normalized spacial score (nSPS) is 23.7. The number of aryl methyl sites for hydroxylation is 1. The second-order valence-corrected chi connectivity index (χ2v) is 8.99. The quantitative estimate of drug-likeness (QED) is 0.387. The Morgan fingerprint density at radius 2 is 2.12 bits per heavy atom. The average Bonchev–Trinajstić information content (AvgIpc) is 3.34. The van der Waals surface area contributed by atoms with Crippen LogP contribution in [0.4, 0.5) is 15.9 Å². The standard InChI is InChI=1S/C23H24FN9O/c1-11-28-7-13(8-29-11)34-22-31-20-18(14-4-12(24)5-17(26-2)19(14)30-20)21(32-22)33-9-15-16(25)6-23(15,10-33)27-3/h4-5,7-8,15-16,26H,3,6,9-10,25H2,1-2H3,(H,30,31,32). The van der Waals surface area contributed by atoms with Gasteiger partial charge >= 0.3 is 6.01 Å². The maximum atomic E-state index is 14.5. The number of rotatable bonds is 5. The molecule has 1 aliphatic carbocycles. The van der Waals surface area contributed by atoms with Gasteiger partial charge in [0, 0.05) is 37.5 Å². The lowest BCUT2D eigenvalue weighted by molar-refractivity contribution is 0.152. The first-order valence-corrected chi connectivity index (χ1v) is 11.1. The highest BCUT2D eigenvalue weighted by atomic mass is 19.1. The van der Waals surface area contributed by atoms with E-state index in [1.54, 1.807) is 26.4 Å². The van der Waals surface area contributed by atoms with E-state index in [0.717, 1.165) is 11.9 Å². The second kappa shape index (κ2) is 7.32. The van der Waals surface area contributed by atoms with Gasteiger partial charge in [-0.1, -0.05) is 0 Å². The van der Waals surface area contributed by atoms with Gasteiger partial charge in [0.2, 0.25) is 0 Å². The van der Waals surface area contributed by atoms with Gasteiger partial charge in [-0.3, -0.25) is 4.99 Å². The summed E-state index contributed by atoms with van der Waals surface area (Å²) in [5, 5.41) is 4.44. The minimum absolute atomic E-state index is 0.0598. The number of aliphatic imine (C=N–C) groups is 1. The van der Waals surface area contributed by atoms with Gasteiger partial charge in [0.25, 0.3) is 0 Å². The largest absolute Gasteiger partial charge is 0.421 e. The van der Waals surface area contributed by atoms with Crippen LogP contribution in [0.15, 0.2) is 29.5 Å². The highest BCUT2D eigenvalue weighted by Gasteiger charge is 2.58. The molecule has 0 bridgehead atoms. The predicted molar refractivity (Wildman–Crippen MR) is 128 cm³/mol. The van der Waals surface area contributed by atoms with Crippen molar-refractivity contribution in [1.82, 2.24) is 24.9 Å². The number of nitrogens with zero attached hydrogens (tertiary/aromatic N) is 6. The third-order valence-corrected chi connectivity index (χ3v) is 7.01. The Morgan fingerprint density at radius 1 is 1.32 bits per heavy atom. The van der Waals surface area contributed by atoms with Crippen LogP contribution in [0.3, 0.4) is 0 Å². The molecule has 174 valence electrons. The molecule has 11 heteroatoms. The molecule has 1 saturated heterocycles. The molecule has 3 aromatic heterocycles. The van der Waals surface area contributed by atoms with E-state index in [-0.39, 0.29) is 29.3 Å². The third kappa shape index (κ3) is 3.00. The number of ether oxygens (including phenoxy) is 1. The molecule has 34 heavy (non-hydrogen) atoms. The number of hydrogen-bond acceptors (Lipinski definition) is 9. The van der Waals surface area contributed by atoms with E-state index in [1.807, 2.05) is 0 Å². The Hall–Kier alpha value is -3.86. The zero-order valence-corrected chi connectivity index (χ0v) is 18.8. The molecule has 4 N–H and O–H groups in total. The lowest BCUT2D eigenvalue weighted by Crippen LogP contribution is -2.59. The molecule has 1 saturated carbocycles. The van der Waals surface area contributed by atoms with Crippen molar-refractivity contribution >= 4 is 40.2 Å². The van der Waals surface area contributed by atoms with E-state index < -0.39 is 0 Å². The van der Waals surface area contributed by atoms with Crippen molar-refractivity contribution in [2.75, 3.05) is 30.4 Å². The van der Waals surface area contributed by atoms with E-state index in [9.17, 15) is 4.39 Å². The molecule has 2 fully saturated rings. The Bertz CT molecular complexity index is 1440. The minimum Gasteiger partial charge on any atom is -0.421 e. The molecule has 10 nitrogen and oxygen atoms in total. The third-order valence-electron chi connectivity index (χ3n) is 7.01. The number of halogens is 1. The molecule has 0 amide bonds. The molecule has 3 unspecified atom stereocenters. The van der Waals surface area contributed by atoms with Crippen molar-refractivity contribution < 1.29 is 9.13 Å². The SMILES string of the molecule is C=NC12CC(N)C1CN(c1nc(Oc3cnc(C)nc3)nc3[nH]c4c(NC)cc(F)cc4c13)C2. The predicted octanol–water partition coefficient (Wildman–Crippen LogP) is 2.79. The highest BCUT2D eigenvalue weighted by Crippen LogP contribution is 2.49. The van der Waals surface area contributed by atoms with E-state index in [2.05, 4.69) is 41.9 Å². The number of nitrogens with one attached hydrogen (secondary N) is 2. The van der Waals surface area contributed by atoms with Crippen molar-refractivity contribution in [1.29, 1.82) is 0 Å². The first-order valence-electron chi connectivity index (χ1n) is 11.1. The van der Waals surface area contributed by atoms with Crippen LogP contribution in [0.25, 0.3) is 21.9 Å². The van der Waals surface area contributed by atoms with Crippen LogP contribution in [0.2, 0.25) is 0 Å². The van der Waals surface area contributed by atoms with Crippen molar-refractivity contribution in [2.24, 2.45) is 16.6 Å². The van der Waals surface area contributed by atoms with Gasteiger partial charge in [-0.15, -0.1) is 0 Å². The van der Waals surface area contributed by atoms with Gasteiger partial charge in [0.15, 0.2) is 5.75 Å². The summed E-state index contributed by atoms with van der Waals surface area (Å²) < 4.78 is 20.4. The molecule has 1 aromatic carbocycles. The number of H-pyrrole nitrogens is 1. The highest BCUT2D eigenvalue weighted by molar-refractivity contribution is 6.14. The molecular weight excluding hydrogens is 437 g/mol. The number of benzene rings is 1. The lowest BCUT2D eigenvalue weighted by atomic mass is 9.66. The fraction of sp³-hybridized carbons (Fsp3) is 0.348. The molecule has 2 aliphatic rings. The van der Waals surface area contributed by atoms with Crippen molar-refractivity contribution in [3.8, 4) is 11.8 Å². The molecular formula is C23H24FN9O. The van der Waals surface area contributed by atoms with Crippen LogP contribution in [0.5, 0.6) is 11.8 Å². The zero-order chi connectivity index (χ0) is 23.6. The van der Waals surface area contributed by atoms with Gasteiger partial charge in [0.05, 0.1) is 34.5 Å². The van der Waals surface area contributed by atoms with Gasteiger partial charge in [-0.05, 0) is 32.2 Å². The fourth-order valence-electron chi connectivity index (χ4n) is 5.29. The zero-order valence-electron chi connectivity index (χ0n) is 18.8. The van der Waals surface area contributed by atoms with E-state index >= 15 is 0 Å². The fourth-order valence-corrected chi connectivity index (χ4v) is 5.29. The summed E-state index contributed by atoms with van der Waals surface area (Å²) in [5.74, 6) is 1.51. The van der Waals surface area contributed by atoms with Gasteiger partial charge < -0.3 is 25.7 Å². The first-order chi connectivity index (χ1) is 16.4. The topological polar surface area (TPSA) is 130 Å². The van der Waals surface area contributed by atoms with Gasteiger partial charge in [0.1, 0.15) is 23.1 Å². The number of aromatic nitrogens is 5. The van der Waals surface area contributed by atoms with Crippen molar-refractivity contribution in [3.63, 3.8) is 0 Å². The Morgan fingerprint density at radius 3 is 2.79 bits per heavy atom. The van der Waals surface area contributed by atoms with Crippen LogP contribution in [-0.2, 0) is 0 Å². The maximum Gasteiger partial charge on any atom is 0.326 e. The molecule has 1 aliphatic heterocycles. The van der Waals surface area contributed by atoms with E-state index in [1.165, 1.54) is 12.1 Å². The number of hydrogen-bond donors (Lipinski definition) is 3. The molecule has 0 radical (unpaired) electrons. The number of nitrogens with two attached hydrogens (primary N) is 1. The summed E-state index contributed by atoms with van der Waals surface area (Å²) in [7, 11) is 1.75. The van der Waals surface area contributed by atoms with Crippen LogP contribution < -0.4 is 20.7 Å². The summed E-state index contributed by atoms with van der Waals surface area (Å²) in [4.78, 5) is 27.6. The second-order valence-electron chi connectivity index (χ2n) is 8.99. The van der Waals surface area contributed by atoms with Crippen LogP contribution >= 0.6 is 0 Å². The first kappa shape index (κ1) is 20.7. The van der Waals surface area contributed by atoms with Crippen molar-refractivity contribution in [2.45, 2.75) is 24.9 Å². The van der Waals surface area contributed by atoms with Gasteiger partial charge in [-0.2, -0.15) is 9.97 Å². The Balaban J connectivity index is 1.54. The average molecular weight is 462 g/mol. The summed E-state index contributed by atoms with van der Waals surface area (Å²) in [6.07, 6.45) is 3.92. The minimum atomic E-state index is -0.353. The number of anilines is 2. The molecule has 3 atom stereocenters. The van der Waals surface area contributed by atoms with E-state index in [4.69, 9.17) is 15.5 Å². The summed E-state index contributed by atoms with van der Waals surface area (Å²) in [6, 6.07) is 3.13. The number of fused-ring (bicyclic) bond motifs is 4. The van der Waals surface area contributed by atoms with Crippen LogP contribution in [0, 0.1) is 18.7 Å². The monoisotopic (exact) mass is 461 g/mol. The van der Waals surface area contributed by atoms with Gasteiger partial charge in [-0.25, -0.2) is 14.4 Å². The Labute approximate surface area is 194 Å². The smallest absolute Gasteiger partial charge is 0.326 e. The van der Waals surface area contributed by atoms with E-state index in [0.29, 0.717) is 52.6 Å². The molecule has 4 aromatic rings. The summed E-state index contributed by atoms with van der Waals surface area (Å²) in [5.41, 5.74) is 7.90. The lowest BCUT2D eigenvalue weighted by Gasteiger charge is -2.45. The molecule has 6 rings (SSSR count). The van der Waals surface area contributed by atoms with Crippen LogP contribution in [-0.4, -0.2) is 63.4 Å². The van der Waals surface area contributed by atoms with Crippen LogP contribution in [0.1, 0.15) is 12.2 Å². The summed E-state index contributed by atoms with van der Waals surface area (Å²) >= 11 is 0. The summed E-state index contributed by atoms with van der Waals surface area (Å²) in [6.45, 7) is 6.91.